The number of piperidine rings is 1. The largest absolute Gasteiger partial charge is 1.00 e. The molecule has 0 aliphatic carbocycles. The van der Waals surface area contributed by atoms with Crippen LogP contribution in [0.4, 0.5) is 0 Å². The van der Waals surface area contributed by atoms with Crippen molar-refractivity contribution in [1.29, 1.82) is 0 Å². The third kappa shape index (κ3) is 3.79. The molecular weight excluding hydrogens is 382 g/mol. The molecule has 0 radical (unpaired) electrons. The van der Waals surface area contributed by atoms with Gasteiger partial charge in [-0.1, -0.05) is 30.3 Å². The van der Waals surface area contributed by atoms with Gasteiger partial charge in [0.1, 0.15) is 12.0 Å². The summed E-state index contributed by atoms with van der Waals surface area (Å²) in [6, 6.07) is 11.2. The molecule has 1 aromatic carbocycles. The van der Waals surface area contributed by atoms with Crippen molar-refractivity contribution in [3.8, 4) is 0 Å². The van der Waals surface area contributed by atoms with E-state index < -0.39 is 5.92 Å². The molecule has 0 saturated carbocycles. The van der Waals surface area contributed by atoms with E-state index in [0.29, 0.717) is 18.1 Å². The number of fused-ring (bicyclic) bond motifs is 2. The fourth-order valence-corrected chi connectivity index (χ4v) is 4.82. The summed E-state index contributed by atoms with van der Waals surface area (Å²) in [5.41, 5.74) is 0.826. The molecule has 2 aliphatic rings. The standard InChI is InChI=1S/C20H30NO3.BrH/c1-14(2)21(3)16-9-10-17(21)12-18(11-16)24-20(23)19(13-22)15-7-5-4-6-8-15;/h4-8,14,16-19,22H,9-13H2,1-3H3;1H/q+1;/p+1/t16-,17+,18+,19?,21?;. The summed E-state index contributed by atoms with van der Waals surface area (Å²) in [7, 11) is 2.37. The minimum atomic E-state index is -0.572. The number of halogens is 1. The molecule has 2 aliphatic heterocycles. The molecule has 2 saturated heterocycles. The molecule has 0 amide bonds. The molecular formula is C20H32BrNO3+2. The molecule has 1 aromatic rings. The fourth-order valence-electron chi connectivity index (χ4n) is 4.82. The highest BCUT2D eigenvalue weighted by atomic mass is 79.9. The number of benzene rings is 1. The van der Waals surface area contributed by atoms with Gasteiger partial charge in [-0.05, 0) is 19.4 Å². The average molecular weight is 414 g/mol. The lowest BCUT2D eigenvalue weighted by molar-refractivity contribution is -0.968. The van der Waals surface area contributed by atoms with Crippen LogP contribution in [-0.2, 0) is 9.53 Å². The van der Waals surface area contributed by atoms with Crippen molar-refractivity contribution >= 4 is 23.0 Å². The Bertz CT molecular complexity index is 570. The number of ether oxygens (including phenoxy) is 1. The number of hydrogen-bond donors (Lipinski definition) is 1. The van der Waals surface area contributed by atoms with Crippen LogP contribution in [0, 0.1) is 0 Å². The van der Waals surface area contributed by atoms with Gasteiger partial charge in [-0.2, -0.15) is 0 Å². The SMILES string of the molecule is Br.CC(C)[N+]1(C)[C@@H]2CC[C@H]1C[C@@H](OC(=O)C(CO)c1ccccc1)C2.[H+]. The van der Waals surface area contributed by atoms with E-state index in [4.69, 9.17) is 4.74 Å². The van der Waals surface area contributed by atoms with Crippen LogP contribution < -0.4 is 0 Å². The molecule has 0 aromatic heterocycles. The number of carbonyl (C=O) groups is 1. The Balaban J connectivity index is 0.00000169. The Hall–Kier alpha value is -0.910. The molecule has 5 atom stereocenters. The van der Waals surface area contributed by atoms with Gasteiger partial charge in [-0.3, -0.25) is 4.79 Å². The van der Waals surface area contributed by atoms with Gasteiger partial charge in [0, 0.05) is 25.7 Å². The number of carbonyl (C=O) groups excluding carboxylic acids is 1. The van der Waals surface area contributed by atoms with Gasteiger partial charge in [0.05, 0.1) is 31.8 Å². The monoisotopic (exact) mass is 413 g/mol. The number of quaternary nitrogens is 1. The summed E-state index contributed by atoms with van der Waals surface area (Å²) >= 11 is 0. The molecule has 1 N–H and O–H groups in total. The topological polar surface area (TPSA) is 46.5 Å². The summed E-state index contributed by atoms with van der Waals surface area (Å²) in [5, 5.41) is 9.65. The highest BCUT2D eigenvalue weighted by Gasteiger charge is 2.53. The van der Waals surface area contributed by atoms with E-state index in [1.807, 2.05) is 30.3 Å². The lowest BCUT2D eigenvalue weighted by Gasteiger charge is -2.49. The van der Waals surface area contributed by atoms with Crippen molar-refractivity contribution in [3.63, 3.8) is 0 Å². The van der Waals surface area contributed by atoms with Gasteiger partial charge in [0.2, 0.25) is 0 Å². The fraction of sp³-hybridized carbons (Fsp3) is 0.650. The van der Waals surface area contributed by atoms with Crippen LogP contribution in [0.5, 0.6) is 0 Å². The maximum atomic E-state index is 12.6. The van der Waals surface area contributed by atoms with Gasteiger partial charge in [-0.15, -0.1) is 17.0 Å². The Morgan fingerprint density at radius 3 is 2.28 bits per heavy atom. The van der Waals surface area contributed by atoms with E-state index in [-0.39, 0.29) is 37.1 Å². The van der Waals surface area contributed by atoms with E-state index in [2.05, 4.69) is 20.9 Å². The van der Waals surface area contributed by atoms with E-state index in [1.165, 1.54) is 12.8 Å². The highest BCUT2D eigenvalue weighted by molar-refractivity contribution is 8.93. The first kappa shape index (κ1) is 20.4. The van der Waals surface area contributed by atoms with Crippen LogP contribution in [0.1, 0.15) is 52.4 Å². The predicted molar refractivity (Wildman–Crippen MR) is 105 cm³/mol. The second-order valence-electron chi connectivity index (χ2n) is 7.88. The zero-order valence-corrected chi connectivity index (χ0v) is 17.1. The van der Waals surface area contributed by atoms with Gasteiger partial charge in [0.25, 0.3) is 0 Å². The lowest BCUT2D eigenvalue weighted by Crippen LogP contribution is -2.62. The summed E-state index contributed by atoms with van der Waals surface area (Å²) in [6.45, 7) is 4.39. The Labute approximate surface area is 163 Å². The molecule has 2 fully saturated rings. The number of aliphatic hydroxyl groups excluding tert-OH is 1. The summed E-state index contributed by atoms with van der Waals surface area (Å²) < 4.78 is 6.96. The molecule has 5 heteroatoms. The van der Waals surface area contributed by atoms with Gasteiger partial charge in [-0.25, -0.2) is 0 Å². The number of rotatable bonds is 5. The van der Waals surface area contributed by atoms with Crippen molar-refractivity contribution in [2.24, 2.45) is 0 Å². The lowest BCUT2D eigenvalue weighted by atomic mass is 9.94. The molecule has 3 rings (SSSR count). The molecule has 2 heterocycles. The van der Waals surface area contributed by atoms with E-state index >= 15 is 0 Å². The maximum absolute atomic E-state index is 12.6. The summed E-state index contributed by atoms with van der Waals surface area (Å²) in [5.74, 6) is -0.856. The van der Waals surface area contributed by atoms with Crippen molar-refractivity contribution < 1.29 is 20.5 Å². The Morgan fingerprint density at radius 2 is 1.80 bits per heavy atom. The number of hydrogen-bond acceptors (Lipinski definition) is 3. The first-order valence-electron chi connectivity index (χ1n) is 9.18. The van der Waals surface area contributed by atoms with Crippen LogP contribution >= 0.6 is 17.0 Å². The first-order valence-corrected chi connectivity index (χ1v) is 9.18. The smallest absolute Gasteiger partial charge is 0.461 e. The van der Waals surface area contributed by atoms with Crippen LogP contribution in [0.3, 0.4) is 0 Å². The van der Waals surface area contributed by atoms with Crippen LogP contribution in [0.25, 0.3) is 0 Å². The van der Waals surface area contributed by atoms with Gasteiger partial charge >= 0.3 is 7.40 Å². The average Bonchev–Trinajstić information content (AvgIpc) is 2.74. The zero-order chi connectivity index (χ0) is 17.3. The minimum Gasteiger partial charge on any atom is -0.461 e. The predicted octanol–water partition coefficient (Wildman–Crippen LogP) is 3.54. The van der Waals surface area contributed by atoms with E-state index in [1.54, 1.807) is 0 Å². The van der Waals surface area contributed by atoms with Crippen molar-refractivity contribution in [2.45, 2.75) is 69.7 Å². The molecule has 25 heavy (non-hydrogen) atoms. The summed E-state index contributed by atoms with van der Waals surface area (Å²) in [6.07, 6.45) is 4.36. The number of esters is 1. The van der Waals surface area contributed by atoms with Crippen molar-refractivity contribution in [1.82, 2.24) is 0 Å². The Kier molecular flexibility index (Phi) is 6.68. The van der Waals surface area contributed by atoms with Crippen molar-refractivity contribution in [3.05, 3.63) is 35.9 Å². The second-order valence-corrected chi connectivity index (χ2v) is 7.88. The van der Waals surface area contributed by atoms with Gasteiger partial charge in [0.15, 0.2) is 0 Å². The molecule has 4 nitrogen and oxygen atoms in total. The Morgan fingerprint density at radius 1 is 1.24 bits per heavy atom. The number of aliphatic hydroxyl groups is 1. The van der Waals surface area contributed by atoms with Crippen LogP contribution in [0.15, 0.2) is 30.3 Å². The van der Waals surface area contributed by atoms with Gasteiger partial charge < -0.3 is 14.3 Å². The van der Waals surface area contributed by atoms with E-state index in [9.17, 15) is 9.90 Å². The van der Waals surface area contributed by atoms with Crippen LogP contribution in [0.2, 0.25) is 0 Å². The first-order chi connectivity index (χ1) is 11.5. The third-order valence-electron chi connectivity index (χ3n) is 6.54. The molecule has 140 valence electrons. The van der Waals surface area contributed by atoms with Crippen molar-refractivity contribution in [2.75, 3.05) is 13.7 Å². The van der Waals surface area contributed by atoms with Crippen LogP contribution in [-0.4, -0.2) is 53.4 Å². The molecule has 2 bridgehead atoms. The normalized spacial score (nSPS) is 32.1. The zero-order valence-electron chi connectivity index (χ0n) is 16.4. The highest BCUT2D eigenvalue weighted by Crippen LogP contribution is 2.44. The molecule has 2 unspecified atom stereocenters. The third-order valence-corrected chi connectivity index (χ3v) is 6.54. The summed E-state index contributed by atoms with van der Waals surface area (Å²) in [4.78, 5) is 12.6. The van der Waals surface area contributed by atoms with E-state index in [0.717, 1.165) is 22.9 Å². The minimum absolute atomic E-state index is 0. The second kappa shape index (κ2) is 8.19. The maximum Gasteiger partial charge on any atom is 1.00 e. The number of nitrogens with zero attached hydrogens (tertiary/aromatic N) is 1. The quantitative estimate of drug-likeness (QED) is 0.592. The molecule has 0 spiro atoms.